The summed E-state index contributed by atoms with van der Waals surface area (Å²) in [5.74, 6) is 1.35. The van der Waals surface area contributed by atoms with Crippen molar-refractivity contribution in [2.75, 3.05) is 37.7 Å². The first kappa shape index (κ1) is 14.9. The molecule has 1 saturated heterocycles. The van der Waals surface area contributed by atoms with Crippen LogP contribution in [-0.4, -0.2) is 38.9 Å². The minimum Gasteiger partial charge on any atom is -0.379 e. The van der Waals surface area contributed by atoms with Crippen molar-refractivity contribution in [2.24, 2.45) is 11.8 Å². The smallest absolute Gasteiger partial charge is 0.0624 e. The van der Waals surface area contributed by atoms with Crippen molar-refractivity contribution in [3.05, 3.63) is 29.8 Å². The second kappa shape index (κ2) is 6.80. The van der Waals surface area contributed by atoms with E-state index in [4.69, 9.17) is 4.74 Å². The van der Waals surface area contributed by atoms with Crippen molar-refractivity contribution < 1.29 is 4.74 Å². The molecule has 1 fully saturated rings. The molecule has 0 spiro atoms. The van der Waals surface area contributed by atoms with Crippen molar-refractivity contribution in [1.29, 1.82) is 0 Å². The zero-order valence-corrected chi connectivity index (χ0v) is 13.3. The average Bonchev–Trinajstić information content (AvgIpc) is 2.92. The van der Waals surface area contributed by atoms with Gasteiger partial charge in [-0.3, -0.25) is 0 Å². The third-order valence-corrected chi connectivity index (χ3v) is 4.74. The van der Waals surface area contributed by atoms with Crippen LogP contribution in [0.25, 0.3) is 0 Å². The van der Waals surface area contributed by atoms with E-state index in [9.17, 15) is 0 Å². The Hall–Kier alpha value is -1.06. The zero-order valence-electron chi connectivity index (χ0n) is 13.3. The van der Waals surface area contributed by atoms with Crippen molar-refractivity contribution in [2.45, 2.75) is 32.7 Å². The number of benzene rings is 1. The third-order valence-electron chi connectivity index (χ3n) is 4.74. The van der Waals surface area contributed by atoms with Gasteiger partial charge in [-0.15, -0.1) is 0 Å². The number of para-hydroxylation sites is 1. The molecule has 0 amide bonds. The standard InChI is InChI=1S/C18H28N2O/c1-3-8-19-17-13-21-12-16(17)11-20-10-14(2)9-15-6-4-5-7-18(15)20/h4-7,14,16-17,19H,3,8-13H2,1-2H3. The first-order chi connectivity index (χ1) is 10.3. The van der Waals surface area contributed by atoms with Crippen LogP contribution in [0.1, 0.15) is 25.8 Å². The van der Waals surface area contributed by atoms with E-state index >= 15 is 0 Å². The van der Waals surface area contributed by atoms with Crippen molar-refractivity contribution in [1.82, 2.24) is 5.32 Å². The molecule has 0 radical (unpaired) electrons. The van der Waals surface area contributed by atoms with E-state index in [2.05, 4.69) is 48.3 Å². The van der Waals surface area contributed by atoms with E-state index in [1.165, 1.54) is 30.6 Å². The van der Waals surface area contributed by atoms with Crippen LogP contribution in [0.15, 0.2) is 24.3 Å². The first-order valence-corrected chi connectivity index (χ1v) is 8.42. The number of hydrogen-bond donors (Lipinski definition) is 1. The quantitative estimate of drug-likeness (QED) is 0.901. The lowest BCUT2D eigenvalue weighted by Crippen LogP contribution is -2.44. The fourth-order valence-corrected chi connectivity index (χ4v) is 3.70. The van der Waals surface area contributed by atoms with Gasteiger partial charge in [0.1, 0.15) is 0 Å². The molecule has 3 atom stereocenters. The zero-order chi connectivity index (χ0) is 14.7. The number of nitrogens with zero attached hydrogens (tertiary/aromatic N) is 1. The lowest BCUT2D eigenvalue weighted by molar-refractivity contribution is 0.182. The van der Waals surface area contributed by atoms with E-state index in [1.807, 2.05) is 0 Å². The lowest BCUT2D eigenvalue weighted by Gasteiger charge is -2.37. The third kappa shape index (κ3) is 3.41. The van der Waals surface area contributed by atoms with Crippen LogP contribution < -0.4 is 10.2 Å². The largest absolute Gasteiger partial charge is 0.379 e. The lowest BCUT2D eigenvalue weighted by atomic mass is 9.92. The highest BCUT2D eigenvalue weighted by Gasteiger charge is 2.31. The molecule has 21 heavy (non-hydrogen) atoms. The van der Waals surface area contributed by atoms with E-state index in [0.29, 0.717) is 12.0 Å². The maximum atomic E-state index is 5.73. The van der Waals surface area contributed by atoms with Gasteiger partial charge in [0.05, 0.1) is 13.2 Å². The van der Waals surface area contributed by atoms with Crippen LogP contribution in [0.2, 0.25) is 0 Å². The summed E-state index contributed by atoms with van der Waals surface area (Å²) >= 11 is 0. The van der Waals surface area contributed by atoms with Crippen LogP contribution in [0.5, 0.6) is 0 Å². The SMILES string of the molecule is CCCNC1COCC1CN1CC(C)Cc2ccccc21. The van der Waals surface area contributed by atoms with Crippen LogP contribution in [-0.2, 0) is 11.2 Å². The molecule has 3 nitrogen and oxygen atoms in total. The maximum Gasteiger partial charge on any atom is 0.0624 e. The molecule has 2 aliphatic heterocycles. The molecule has 3 rings (SSSR count). The number of hydrogen-bond acceptors (Lipinski definition) is 3. The van der Waals surface area contributed by atoms with Gasteiger partial charge in [0.2, 0.25) is 0 Å². The summed E-state index contributed by atoms with van der Waals surface area (Å²) < 4.78 is 5.73. The van der Waals surface area contributed by atoms with Gasteiger partial charge in [0, 0.05) is 30.7 Å². The maximum absolute atomic E-state index is 5.73. The van der Waals surface area contributed by atoms with Crippen LogP contribution in [0.4, 0.5) is 5.69 Å². The Morgan fingerprint density at radius 2 is 2.14 bits per heavy atom. The molecule has 0 aromatic heterocycles. The minimum absolute atomic E-state index is 0.523. The molecule has 1 aromatic carbocycles. The minimum atomic E-state index is 0.523. The predicted molar refractivity (Wildman–Crippen MR) is 87.9 cm³/mol. The van der Waals surface area contributed by atoms with Gasteiger partial charge in [0.25, 0.3) is 0 Å². The molecule has 116 valence electrons. The monoisotopic (exact) mass is 288 g/mol. The second-order valence-electron chi connectivity index (χ2n) is 6.70. The first-order valence-electron chi connectivity index (χ1n) is 8.42. The summed E-state index contributed by atoms with van der Waals surface area (Å²) in [7, 11) is 0. The van der Waals surface area contributed by atoms with Gasteiger partial charge in [-0.25, -0.2) is 0 Å². The fraction of sp³-hybridized carbons (Fsp3) is 0.667. The number of fused-ring (bicyclic) bond motifs is 1. The number of rotatable bonds is 5. The topological polar surface area (TPSA) is 24.5 Å². The average molecular weight is 288 g/mol. The molecule has 2 aliphatic rings. The molecule has 1 N–H and O–H groups in total. The molecule has 0 saturated carbocycles. The number of ether oxygens (including phenoxy) is 1. The Labute approximate surface area is 128 Å². The van der Waals surface area contributed by atoms with Crippen molar-refractivity contribution in [3.8, 4) is 0 Å². The second-order valence-corrected chi connectivity index (χ2v) is 6.70. The summed E-state index contributed by atoms with van der Waals surface area (Å²) in [5, 5.41) is 3.65. The van der Waals surface area contributed by atoms with Crippen LogP contribution in [0, 0.1) is 11.8 Å². The highest BCUT2D eigenvalue weighted by Crippen LogP contribution is 2.31. The van der Waals surface area contributed by atoms with Gasteiger partial charge in [-0.05, 0) is 36.9 Å². The summed E-state index contributed by atoms with van der Waals surface area (Å²) in [6.07, 6.45) is 2.40. The molecular weight excluding hydrogens is 260 g/mol. The highest BCUT2D eigenvalue weighted by atomic mass is 16.5. The molecule has 3 heteroatoms. The Balaban J connectivity index is 1.69. The molecule has 1 aromatic rings. The van der Waals surface area contributed by atoms with E-state index in [-0.39, 0.29) is 0 Å². The fourth-order valence-electron chi connectivity index (χ4n) is 3.70. The Bertz CT molecular complexity index is 462. The molecule has 2 heterocycles. The summed E-state index contributed by atoms with van der Waals surface area (Å²) in [4.78, 5) is 2.59. The molecule has 0 aliphatic carbocycles. The molecule has 3 unspecified atom stereocenters. The summed E-state index contributed by atoms with van der Waals surface area (Å²) in [6.45, 7) is 9.74. The highest BCUT2D eigenvalue weighted by molar-refractivity contribution is 5.55. The molecule has 0 bridgehead atoms. The van der Waals surface area contributed by atoms with Gasteiger partial charge in [-0.2, -0.15) is 0 Å². The van der Waals surface area contributed by atoms with Crippen LogP contribution in [0.3, 0.4) is 0 Å². The van der Waals surface area contributed by atoms with Gasteiger partial charge in [-0.1, -0.05) is 32.0 Å². The Morgan fingerprint density at radius 3 is 3.00 bits per heavy atom. The number of nitrogens with one attached hydrogen (secondary N) is 1. The van der Waals surface area contributed by atoms with Gasteiger partial charge >= 0.3 is 0 Å². The van der Waals surface area contributed by atoms with Crippen molar-refractivity contribution >= 4 is 5.69 Å². The van der Waals surface area contributed by atoms with E-state index in [0.717, 1.165) is 32.2 Å². The van der Waals surface area contributed by atoms with E-state index < -0.39 is 0 Å². The van der Waals surface area contributed by atoms with Gasteiger partial charge < -0.3 is 15.0 Å². The predicted octanol–water partition coefficient (Wildman–Crippen LogP) is 2.70. The Morgan fingerprint density at radius 1 is 1.29 bits per heavy atom. The summed E-state index contributed by atoms with van der Waals surface area (Å²) in [5.41, 5.74) is 2.95. The summed E-state index contributed by atoms with van der Waals surface area (Å²) in [6, 6.07) is 9.43. The molecular formula is C18H28N2O. The van der Waals surface area contributed by atoms with E-state index in [1.54, 1.807) is 0 Å². The normalized spacial score (nSPS) is 28.7. The number of anilines is 1. The van der Waals surface area contributed by atoms with Crippen LogP contribution >= 0.6 is 0 Å². The Kier molecular flexibility index (Phi) is 4.81. The van der Waals surface area contributed by atoms with Gasteiger partial charge in [0.15, 0.2) is 0 Å². The van der Waals surface area contributed by atoms with Crippen molar-refractivity contribution in [3.63, 3.8) is 0 Å².